The molecule has 0 spiro atoms. The lowest BCUT2D eigenvalue weighted by molar-refractivity contribution is -0.153. The first-order valence-corrected chi connectivity index (χ1v) is 10.1. The fraction of sp³-hybridized carbons (Fsp3) is 0.227. The third kappa shape index (κ3) is 5.77. The maximum atomic E-state index is 13.0. The molecule has 7 nitrogen and oxygen atoms in total. The van der Waals surface area contributed by atoms with Gasteiger partial charge in [-0.15, -0.1) is 0 Å². The molecule has 0 N–H and O–H groups in total. The molecule has 1 heterocycles. The van der Waals surface area contributed by atoms with Gasteiger partial charge in [-0.05, 0) is 55.0 Å². The van der Waals surface area contributed by atoms with E-state index in [1.54, 1.807) is 36.4 Å². The van der Waals surface area contributed by atoms with Crippen molar-refractivity contribution in [3.05, 3.63) is 70.7 Å². The van der Waals surface area contributed by atoms with E-state index in [-0.39, 0.29) is 18.0 Å². The summed E-state index contributed by atoms with van der Waals surface area (Å²) in [5, 5.41) is 0.927. The lowest BCUT2D eigenvalue weighted by atomic mass is 9.95. The van der Waals surface area contributed by atoms with Crippen molar-refractivity contribution in [3.63, 3.8) is 0 Å². The van der Waals surface area contributed by atoms with Crippen LogP contribution in [0, 0.1) is 5.92 Å². The maximum absolute atomic E-state index is 13.0. The van der Waals surface area contributed by atoms with Crippen LogP contribution in [0.3, 0.4) is 0 Å². The van der Waals surface area contributed by atoms with Gasteiger partial charge in [0.05, 0.1) is 13.2 Å². The van der Waals surface area contributed by atoms with Gasteiger partial charge in [0, 0.05) is 16.6 Å². The molecular weight excluding hydrogens is 445 g/mol. The summed E-state index contributed by atoms with van der Waals surface area (Å²) < 4.78 is 15.6. The third-order valence-corrected chi connectivity index (χ3v) is 5.06. The Hall–Kier alpha value is -3.03. The molecule has 1 aliphatic rings. The Bertz CT molecular complexity index is 915. The fourth-order valence-corrected chi connectivity index (χ4v) is 3.32. The summed E-state index contributed by atoms with van der Waals surface area (Å²) in [6, 6.07) is 11.2. The standard InChI is InChI=1S/C22H19Cl2NO6/c1-29-22(28)25-13-3-2-4-18(25)19(20(26)30-16-9-5-14(23)6-10-16)21(27)31-17-11-7-15(24)8-12-17/h2,4-12,18-19H,3,13H2,1H3/t18-/m1/s1. The van der Waals surface area contributed by atoms with Crippen molar-refractivity contribution in [2.45, 2.75) is 12.5 Å². The van der Waals surface area contributed by atoms with Crippen LogP contribution in [0.4, 0.5) is 4.79 Å². The lowest BCUT2D eigenvalue weighted by Gasteiger charge is -2.34. The van der Waals surface area contributed by atoms with E-state index in [9.17, 15) is 14.4 Å². The first kappa shape index (κ1) is 22.7. The molecule has 0 saturated heterocycles. The predicted molar refractivity (Wildman–Crippen MR) is 114 cm³/mol. The highest BCUT2D eigenvalue weighted by molar-refractivity contribution is 6.30. The molecule has 0 fully saturated rings. The minimum atomic E-state index is -1.46. The molecule has 2 aromatic carbocycles. The second-order valence-corrected chi connectivity index (χ2v) is 7.47. The average Bonchev–Trinajstić information content (AvgIpc) is 2.77. The molecule has 0 aromatic heterocycles. The molecule has 31 heavy (non-hydrogen) atoms. The number of carbonyl (C=O) groups is 3. The van der Waals surface area contributed by atoms with E-state index in [2.05, 4.69) is 0 Å². The molecule has 0 saturated carbocycles. The van der Waals surface area contributed by atoms with E-state index >= 15 is 0 Å². The van der Waals surface area contributed by atoms with Crippen molar-refractivity contribution >= 4 is 41.2 Å². The van der Waals surface area contributed by atoms with Gasteiger partial charge in [0.1, 0.15) is 11.5 Å². The zero-order valence-corrected chi connectivity index (χ0v) is 18.0. The summed E-state index contributed by atoms with van der Waals surface area (Å²) in [5.41, 5.74) is 0. The number of hydrogen-bond donors (Lipinski definition) is 0. The fourth-order valence-electron chi connectivity index (χ4n) is 3.06. The predicted octanol–water partition coefficient (Wildman–Crippen LogP) is 4.52. The number of carbonyl (C=O) groups excluding carboxylic acids is 3. The number of ether oxygens (including phenoxy) is 3. The molecule has 1 aliphatic heterocycles. The summed E-state index contributed by atoms with van der Waals surface area (Å²) in [6.07, 6.45) is 3.26. The van der Waals surface area contributed by atoms with Crippen LogP contribution in [-0.4, -0.2) is 42.6 Å². The van der Waals surface area contributed by atoms with Crippen LogP contribution in [0.2, 0.25) is 10.0 Å². The molecule has 3 rings (SSSR count). The van der Waals surface area contributed by atoms with E-state index < -0.39 is 30.0 Å². The van der Waals surface area contributed by atoms with Crippen LogP contribution in [-0.2, 0) is 14.3 Å². The van der Waals surface area contributed by atoms with Crippen LogP contribution >= 0.6 is 23.2 Å². The summed E-state index contributed by atoms with van der Waals surface area (Å²) in [5.74, 6) is -2.83. The number of benzene rings is 2. The number of methoxy groups -OCH3 is 1. The molecule has 0 unspecified atom stereocenters. The number of rotatable bonds is 5. The van der Waals surface area contributed by atoms with Crippen molar-refractivity contribution in [1.29, 1.82) is 0 Å². The Balaban J connectivity index is 1.90. The quantitative estimate of drug-likeness (QED) is 0.280. The second kappa shape index (κ2) is 10.3. The summed E-state index contributed by atoms with van der Waals surface area (Å²) in [4.78, 5) is 39.6. The topological polar surface area (TPSA) is 82.1 Å². The monoisotopic (exact) mass is 463 g/mol. The zero-order valence-electron chi connectivity index (χ0n) is 16.5. The van der Waals surface area contributed by atoms with Gasteiger partial charge < -0.3 is 19.1 Å². The van der Waals surface area contributed by atoms with Crippen molar-refractivity contribution in [2.24, 2.45) is 5.92 Å². The molecule has 0 radical (unpaired) electrons. The average molecular weight is 464 g/mol. The summed E-state index contributed by atoms with van der Waals surface area (Å²) in [7, 11) is 1.23. The van der Waals surface area contributed by atoms with E-state index in [0.717, 1.165) is 0 Å². The Morgan fingerprint density at radius 2 is 1.39 bits per heavy atom. The largest absolute Gasteiger partial charge is 0.453 e. The van der Waals surface area contributed by atoms with Crippen LogP contribution in [0.15, 0.2) is 60.7 Å². The van der Waals surface area contributed by atoms with E-state index in [1.165, 1.54) is 36.3 Å². The number of amides is 1. The van der Waals surface area contributed by atoms with Gasteiger partial charge in [0.2, 0.25) is 0 Å². The van der Waals surface area contributed by atoms with E-state index in [1.807, 2.05) is 0 Å². The minimum absolute atomic E-state index is 0.197. The molecule has 9 heteroatoms. The summed E-state index contributed by atoms with van der Waals surface area (Å²) >= 11 is 11.7. The van der Waals surface area contributed by atoms with Crippen LogP contribution in [0.25, 0.3) is 0 Å². The zero-order chi connectivity index (χ0) is 22.4. The number of hydrogen-bond acceptors (Lipinski definition) is 6. The van der Waals surface area contributed by atoms with Crippen molar-refractivity contribution in [1.82, 2.24) is 4.90 Å². The lowest BCUT2D eigenvalue weighted by Crippen LogP contribution is -2.52. The highest BCUT2D eigenvalue weighted by Gasteiger charge is 2.43. The summed E-state index contributed by atoms with van der Waals surface area (Å²) in [6.45, 7) is 0.271. The van der Waals surface area contributed by atoms with E-state index in [4.69, 9.17) is 37.4 Å². The van der Waals surface area contributed by atoms with Gasteiger partial charge in [0.15, 0.2) is 5.92 Å². The molecule has 0 bridgehead atoms. The van der Waals surface area contributed by atoms with Crippen molar-refractivity contribution in [3.8, 4) is 11.5 Å². The molecule has 2 aromatic rings. The molecule has 162 valence electrons. The highest BCUT2D eigenvalue weighted by Crippen LogP contribution is 2.25. The number of halogens is 2. The maximum Gasteiger partial charge on any atom is 0.410 e. The van der Waals surface area contributed by atoms with Crippen LogP contribution < -0.4 is 9.47 Å². The first-order chi connectivity index (χ1) is 14.9. The van der Waals surface area contributed by atoms with Gasteiger partial charge in [0.25, 0.3) is 0 Å². The third-order valence-electron chi connectivity index (χ3n) is 4.55. The Labute approximate surface area is 189 Å². The number of nitrogens with zero attached hydrogens (tertiary/aromatic N) is 1. The molecular formula is C22H19Cl2NO6. The Morgan fingerprint density at radius 3 is 1.84 bits per heavy atom. The van der Waals surface area contributed by atoms with Gasteiger partial charge in [-0.3, -0.25) is 9.59 Å². The second-order valence-electron chi connectivity index (χ2n) is 6.60. The van der Waals surface area contributed by atoms with Gasteiger partial charge in [-0.1, -0.05) is 35.4 Å². The van der Waals surface area contributed by atoms with Gasteiger partial charge >= 0.3 is 18.0 Å². The molecule has 0 aliphatic carbocycles. The number of esters is 2. The first-order valence-electron chi connectivity index (χ1n) is 9.35. The highest BCUT2D eigenvalue weighted by atomic mass is 35.5. The molecule has 1 amide bonds. The molecule has 1 atom stereocenters. The normalized spacial score (nSPS) is 15.5. The smallest absolute Gasteiger partial charge is 0.410 e. The SMILES string of the molecule is COC(=O)N1CCC=C[C@@H]1C(C(=O)Oc1ccc(Cl)cc1)C(=O)Oc1ccc(Cl)cc1. The Kier molecular flexibility index (Phi) is 7.55. The van der Waals surface area contributed by atoms with Crippen molar-refractivity contribution < 1.29 is 28.6 Å². The Morgan fingerprint density at radius 1 is 0.903 bits per heavy atom. The van der Waals surface area contributed by atoms with Crippen molar-refractivity contribution in [2.75, 3.05) is 13.7 Å². The van der Waals surface area contributed by atoms with Gasteiger partial charge in [-0.2, -0.15) is 0 Å². The minimum Gasteiger partial charge on any atom is -0.453 e. The van der Waals surface area contributed by atoms with Crippen LogP contribution in [0.5, 0.6) is 11.5 Å². The van der Waals surface area contributed by atoms with Gasteiger partial charge in [-0.25, -0.2) is 4.79 Å². The van der Waals surface area contributed by atoms with E-state index in [0.29, 0.717) is 16.5 Å². The van der Waals surface area contributed by atoms with Crippen LogP contribution in [0.1, 0.15) is 6.42 Å².